The van der Waals surface area contributed by atoms with Crippen molar-refractivity contribution >= 4 is 70.8 Å². The van der Waals surface area contributed by atoms with E-state index in [9.17, 15) is 4.79 Å². The summed E-state index contributed by atoms with van der Waals surface area (Å²) >= 11 is 7.04. The van der Waals surface area contributed by atoms with Gasteiger partial charge in [0, 0.05) is 43.0 Å². The molecule has 0 amide bonds. The monoisotopic (exact) mass is 664 g/mol. The van der Waals surface area contributed by atoms with Crippen LogP contribution < -0.4 is 5.56 Å². The molecular formula is C33H22Br2N4O2. The van der Waals surface area contributed by atoms with Crippen LogP contribution in [0, 0.1) is 6.92 Å². The van der Waals surface area contributed by atoms with Gasteiger partial charge in [-0.05, 0) is 67.1 Å². The maximum absolute atomic E-state index is 13.8. The first-order valence-electron chi connectivity index (χ1n) is 13.0. The van der Waals surface area contributed by atoms with Gasteiger partial charge in [0.15, 0.2) is 5.76 Å². The molecule has 6 nitrogen and oxygen atoms in total. The van der Waals surface area contributed by atoms with Gasteiger partial charge in [0.2, 0.25) is 5.82 Å². The van der Waals surface area contributed by atoms with Gasteiger partial charge in [-0.25, -0.2) is 4.98 Å². The highest BCUT2D eigenvalue weighted by Crippen LogP contribution is 2.30. The summed E-state index contributed by atoms with van der Waals surface area (Å²) in [4.78, 5) is 18.6. The Balaban J connectivity index is 1.40. The molecule has 0 bridgehead atoms. The average molecular weight is 666 g/mol. The van der Waals surface area contributed by atoms with Crippen LogP contribution in [0.25, 0.3) is 44.4 Å². The Labute approximate surface area is 251 Å². The zero-order valence-corrected chi connectivity index (χ0v) is 25.1. The average Bonchev–Trinajstić information content (AvgIpc) is 3.52. The van der Waals surface area contributed by atoms with Gasteiger partial charge in [-0.1, -0.05) is 74.3 Å². The van der Waals surface area contributed by atoms with Crippen LogP contribution in [0.15, 0.2) is 120 Å². The molecule has 8 heteroatoms. The molecule has 200 valence electrons. The standard InChI is InChI=1S/C33H22Br2N4O2/c1-20-27(25-6-3-5-9-29(25)38(20)19-21-10-12-23(34)13-11-21)18-36-39-32(37-28-8-4-2-7-26(28)33(39)40)31-17-22-16-24(35)14-15-30(22)41-31/h2-18H,19H2,1H3. The number of para-hydroxylation sites is 2. The van der Waals surface area contributed by atoms with E-state index in [1.165, 1.54) is 10.2 Å². The largest absolute Gasteiger partial charge is 0.453 e. The predicted molar refractivity (Wildman–Crippen MR) is 172 cm³/mol. The molecule has 0 atom stereocenters. The third-order valence-electron chi connectivity index (χ3n) is 7.29. The van der Waals surface area contributed by atoms with Crippen molar-refractivity contribution in [1.82, 2.24) is 14.2 Å². The van der Waals surface area contributed by atoms with Crippen LogP contribution in [0.2, 0.25) is 0 Å². The molecule has 7 aromatic rings. The van der Waals surface area contributed by atoms with Gasteiger partial charge in [-0.3, -0.25) is 4.79 Å². The lowest BCUT2D eigenvalue weighted by molar-refractivity contribution is 0.616. The summed E-state index contributed by atoms with van der Waals surface area (Å²) < 4.78 is 11.8. The topological polar surface area (TPSA) is 65.3 Å². The van der Waals surface area contributed by atoms with Crippen LogP contribution in [-0.4, -0.2) is 20.4 Å². The van der Waals surface area contributed by atoms with Crippen molar-refractivity contribution in [3.05, 3.63) is 133 Å². The molecule has 0 N–H and O–H groups in total. The normalized spacial score (nSPS) is 11.9. The highest BCUT2D eigenvalue weighted by molar-refractivity contribution is 9.10. The molecule has 3 heterocycles. The van der Waals surface area contributed by atoms with Crippen LogP contribution in [0.5, 0.6) is 0 Å². The Morgan fingerprint density at radius 1 is 0.878 bits per heavy atom. The fraction of sp³-hybridized carbons (Fsp3) is 0.0606. The summed E-state index contributed by atoms with van der Waals surface area (Å²) in [5.41, 5.74) is 5.30. The molecular weight excluding hydrogens is 644 g/mol. The van der Waals surface area contributed by atoms with Crippen LogP contribution in [0.3, 0.4) is 0 Å². The summed E-state index contributed by atoms with van der Waals surface area (Å²) in [6.07, 6.45) is 1.76. The maximum atomic E-state index is 13.8. The molecule has 0 saturated carbocycles. The minimum Gasteiger partial charge on any atom is -0.453 e. The van der Waals surface area contributed by atoms with E-state index in [2.05, 4.69) is 79.7 Å². The summed E-state index contributed by atoms with van der Waals surface area (Å²) in [6.45, 7) is 2.80. The number of hydrogen-bond acceptors (Lipinski definition) is 4. The Morgan fingerprint density at radius 2 is 1.61 bits per heavy atom. The minimum atomic E-state index is -0.264. The minimum absolute atomic E-state index is 0.264. The lowest BCUT2D eigenvalue weighted by atomic mass is 10.1. The van der Waals surface area contributed by atoms with Crippen molar-refractivity contribution in [3.8, 4) is 11.6 Å². The first-order chi connectivity index (χ1) is 20.0. The molecule has 41 heavy (non-hydrogen) atoms. The highest BCUT2D eigenvalue weighted by Gasteiger charge is 2.18. The number of rotatable bonds is 5. The number of halogens is 2. The van der Waals surface area contributed by atoms with Crippen LogP contribution in [-0.2, 0) is 6.54 Å². The molecule has 0 aliphatic heterocycles. The second-order valence-electron chi connectivity index (χ2n) is 9.84. The summed E-state index contributed by atoms with van der Waals surface area (Å²) in [7, 11) is 0. The van der Waals surface area contributed by atoms with Crippen LogP contribution in [0.1, 0.15) is 16.8 Å². The number of aromatic nitrogens is 3. The first kappa shape index (κ1) is 25.7. The molecule has 4 aromatic carbocycles. The maximum Gasteiger partial charge on any atom is 0.282 e. The molecule has 0 radical (unpaired) electrons. The third-order valence-corrected chi connectivity index (χ3v) is 8.31. The van der Waals surface area contributed by atoms with Crippen LogP contribution in [0.4, 0.5) is 0 Å². The second-order valence-corrected chi connectivity index (χ2v) is 11.7. The van der Waals surface area contributed by atoms with E-state index in [-0.39, 0.29) is 5.56 Å². The Kier molecular flexibility index (Phi) is 6.44. The van der Waals surface area contributed by atoms with Gasteiger partial charge in [0.1, 0.15) is 5.58 Å². The van der Waals surface area contributed by atoms with Crippen molar-refractivity contribution in [1.29, 1.82) is 0 Å². The fourth-order valence-electron chi connectivity index (χ4n) is 5.23. The van der Waals surface area contributed by atoms with Gasteiger partial charge in [-0.2, -0.15) is 9.78 Å². The molecule has 0 spiro atoms. The second kappa shape index (κ2) is 10.3. The van der Waals surface area contributed by atoms with E-state index in [1.54, 1.807) is 12.3 Å². The first-order valence-corrected chi connectivity index (χ1v) is 14.6. The van der Waals surface area contributed by atoms with E-state index < -0.39 is 0 Å². The van der Waals surface area contributed by atoms with E-state index in [0.29, 0.717) is 34.6 Å². The number of benzene rings is 4. The Morgan fingerprint density at radius 3 is 2.44 bits per heavy atom. The summed E-state index contributed by atoms with van der Waals surface area (Å²) in [5, 5.41) is 7.21. The lowest BCUT2D eigenvalue weighted by Crippen LogP contribution is -2.20. The summed E-state index contributed by atoms with van der Waals surface area (Å²) in [6, 6.07) is 31.5. The smallest absolute Gasteiger partial charge is 0.282 e. The van der Waals surface area contributed by atoms with Gasteiger partial charge >= 0.3 is 0 Å². The Bertz CT molecular complexity index is 2190. The molecule has 7 rings (SSSR count). The van der Waals surface area contributed by atoms with E-state index in [4.69, 9.17) is 14.5 Å². The fourth-order valence-corrected chi connectivity index (χ4v) is 5.87. The van der Waals surface area contributed by atoms with Gasteiger partial charge < -0.3 is 8.98 Å². The molecule has 3 aromatic heterocycles. The molecule has 0 aliphatic rings. The SMILES string of the molecule is Cc1c(C=Nn2c(-c3cc4cc(Br)ccc4o3)nc3ccccc3c2=O)c2ccccc2n1Cc1ccc(Br)cc1. The predicted octanol–water partition coefficient (Wildman–Crippen LogP) is 8.53. The van der Waals surface area contributed by atoms with E-state index >= 15 is 0 Å². The molecule has 0 fully saturated rings. The number of nitrogens with zero attached hydrogens (tertiary/aromatic N) is 4. The van der Waals surface area contributed by atoms with Gasteiger partial charge in [0.05, 0.1) is 17.1 Å². The zero-order chi connectivity index (χ0) is 28.1. The lowest BCUT2D eigenvalue weighted by Gasteiger charge is -2.09. The zero-order valence-electron chi connectivity index (χ0n) is 21.9. The third kappa shape index (κ3) is 4.63. The Hall–Kier alpha value is -4.27. The molecule has 0 unspecified atom stereocenters. The van der Waals surface area contributed by atoms with Crippen molar-refractivity contribution in [2.24, 2.45) is 5.10 Å². The number of furan rings is 1. The van der Waals surface area contributed by atoms with E-state index in [1.807, 2.05) is 54.6 Å². The quantitative estimate of drug-likeness (QED) is 0.173. The van der Waals surface area contributed by atoms with Crippen molar-refractivity contribution in [2.45, 2.75) is 13.5 Å². The van der Waals surface area contributed by atoms with Crippen LogP contribution >= 0.6 is 31.9 Å². The summed E-state index contributed by atoms with van der Waals surface area (Å²) in [5.74, 6) is 0.806. The number of hydrogen-bond donors (Lipinski definition) is 0. The van der Waals surface area contributed by atoms with E-state index in [0.717, 1.165) is 36.5 Å². The number of fused-ring (bicyclic) bond motifs is 3. The van der Waals surface area contributed by atoms with Gasteiger partial charge in [0.25, 0.3) is 5.56 Å². The van der Waals surface area contributed by atoms with Crippen molar-refractivity contribution < 1.29 is 4.42 Å². The van der Waals surface area contributed by atoms with Crippen molar-refractivity contribution in [2.75, 3.05) is 0 Å². The molecule has 0 aliphatic carbocycles. The highest BCUT2D eigenvalue weighted by atomic mass is 79.9. The molecule has 0 saturated heterocycles. The van der Waals surface area contributed by atoms with Crippen molar-refractivity contribution in [3.63, 3.8) is 0 Å². The van der Waals surface area contributed by atoms with Gasteiger partial charge in [-0.15, -0.1) is 0 Å².